The Morgan fingerprint density at radius 2 is 1.80 bits per heavy atom. The molecule has 2 aliphatic rings. The molecule has 2 aliphatic heterocycles. The van der Waals surface area contributed by atoms with E-state index >= 15 is 0 Å². The minimum Gasteiger partial charge on any atom is -0.497 e. The first-order chi connectivity index (χ1) is 14.6. The summed E-state index contributed by atoms with van der Waals surface area (Å²) in [6.45, 7) is 2.39. The second-order valence-electron chi connectivity index (χ2n) is 7.41. The maximum absolute atomic E-state index is 12.8. The van der Waals surface area contributed by atoms with Crippen LogP contribution in [-0.2, 0) is 18.9 Å². The normalized spacial score (nSPS) is 30.9. The van der Waals surface area contributed by atoms with E-state index in [1.54, 1.807) is 31.0 Å². The smallest absolute Gasteiger partial charge is 0.338 e. The topological polar surface area (TPSA) is 63.2 Å². The number of thioether (sulfide) groups is 1. The SMILES string of the molecule is COc1ccc(C2OCC3O[C@@H](SC)C(C)[C@H](OC(=O)c4ccccc4)[C@@H]3O2)cc1. The van der Waals surface area contributed by atoms with Gasteiger partial charge in [0.2, 0.25) is 0 Å². The minimum atomic E-state index is -0.559. The molecule has 3 unspecified atom stereocenters. The van der Waals surface area contributed by atoms with E-state index in [9.17, 15) is 4.79 Å². The molecule has 2 fully saturated rings. The summed E-state index contributed by atoms with van der Waals surface area (Å²) in [5.41, 5.74) is 1.29. The number of hydrogen-bond acceptors (Lipinski definition) is 7. The second kappa shape index (κ2) is 9.39. The maximum atomic E-state index is 12.8. The number of fused-ring (bicyclic) bond motifs is 1. The van der Waals surface area contributed by atoms with Gasteiger partial charge in [0.1, 0.15) is 29.5 Å². The summed E-state index contributed by atoms with van der Waals surface area (Å²) < 4.78 is 29.6. The van der Waals surface area contributed by atoms with Gasteiger partial charge in [-0.25, -0.2) is 4.79 Å². The predicted molar refractivity (Wildman–Crippen MR) is 114 cm³/mol. The molecule has 30 heavy (non-hydrogen) atoms. The molecule has 4 rings (SSSR count). The molecule has 7 heteroatoms. The number of esters is 1. The summed E-state index contributed by atoms with van der Waals surface area (Å²) in [4.78, 5) is 12.8. The van der Waals surface area contributed by atoms with E-state index in [1.165, 1.54) is 0 Å². The highest BCUT2D eigenvalue weighted by atomic mass is 32.2. The summed E-state index contributed by atoms with van der Waals surface area (Å²) >= 11 is 1.60. The van der Waals surface area contributed by atoms with Crippen LogP contribution in [0.1, 0.15) is 29.1 Å². The van der Waals surface area contributed by atoms with Crippen LogP contribution in [0, 0.1) is 5.92 Å². The Labute approximate surface area is 180 Å². The van der Waals surface area contributed by atoms with E-state index in [2.05, 4.69) is 0 Å². The number of carbonyl (C=O) groups excluding carboxylic acids is 1. The first kappa shape index (κ1) is 21.2. The quantitative estimate of drug-likeness (QED) is 0.663. The van der Waals surface area contributed by atoms with Gasteiger partial charge < -0.3 is 23.7 Å². The molecule has 2 heterocycles. The fourth-order valence-corrected chi connectivity index (χ4v) is 4.69. The Balaban J connectivity index is 1.55. The molecule has 0 aromatic heterocycles. The molecule has 0 radical (unpaired) electrons. The third-order valence-electron chi connectivity index (χ3n) is 5.51. The molecule has 0 N–H and O–H groups in total. The van der Waals surface area contributed by atoms with E-state index in [1.807, 2.05) is 55.6 Å². The highest BCUT2D eigenvalue weighted by Crippen LogP contribution is 2.40. The van der Waals surface area contributed by atoms with Crippen molar-refractivity contribution in [3.05, 3.63) is 65.7 Å². The van der Waals surface area contributed by atoms with Crippen molar-refractivity contribution in [3.8, 4) is 5.75 Å². The number of methoxy groups -OCH3 is 1. The van der Waals surface area contributed by atoms with Crippen LogP contribution in [0.3, 0.4) is 0 Å². The largest absolute Gasteiger partial charge is 0.497 e. The summed E-state index contributed by atoms with van der Waals surface area (Å²) in [6, 6.07) is 16.6. The van der Waals surface area contributed by atoms with Crippen molar-refractivity contribution in [1.29, 1.82) is 0 Å². The Morgan fingerprint density at radius 3 is 2.47 bits per heavy atom. The minimum absolute atomic E-state index is 0.0384. The lowest BCUT2D eigenvalue weighted by atomic mass is 9.92. The molecule has 6 atom stereocenters. The van der Waals surface area contributed by atoms with Crippen LogP contribution in [0.15, 0.2) is 54.6 Å². The van der Waals surface area contributed by atoms with Crippen molar-refractivity contribution >= 4 is 17.7 Å². The maximum Gasteiger partial charge on any atom is 0.338 e. The molecule has 0 bridgehead atoms. The van der Waals surface area contributed by atoms with Crippen LogP contribution in [0.4, 0.5) is 0 Å². The third-order valence-corrected chi connectivity index (χ3v) is 6.52. The number of benzene rings is 2. The predicted octanol–water partition coefficient (Wildman–Crippen LogP) is 4.06. The van der Waals surface area contributed by atoms with Crippen molar-refractivity contribution in [2.24, 2.45) is 5.92 Å². The molecule has 0 spiro atoms. The summed E-state index contributed by atoms with van der Waals surface area (Å²) in [5, 5.41) is 0. The van der Waals surface area contributed by atoms with E-state index in [0.29, 0.717) is 12.2 Å². The number of rotatable bonds is 5. The van der Waals surface area contributed by atoms with Gasteiger partial charge >= 0.3 is 5.97 Å². The van der Waals surface area contributed by atoms with Gasteiger partial charge in [0.15, 0.2) is 6.29 Å². The van der Waals surface area contributed by atoms with Gasteiger partial charge in [0.25, 0.3) is 0 Å². The number of carbonyl (C=O) groups is 1. The van der Waals surface area contributed by atoms with Gasteiger partial charge in [0.05, 0.1) is 19.3 Å². The number of ether oxygens (including phenoxy) is 5. The monoisotopic (exact) mass is 430 g/mol. The Kier molecular flexibility index (Phi) is 6.63. The van der Waals surface area contributed by atoms with Crippen LogP contribution in [0.25, 0.3) is 0 Å². The summed E-state index contributed by atoms with van der Waals surface area (Å²) in [6.07, 6.45) is 0.260. The zero-order valence-corrected chi connectivity index (χ0v) is 18.0. The number of hydrogen-bond donors (Lipinski definition) is 0. The molecule has 0 aliphatic carbocycles. The average Bonchev–Trinajstić information content (AvgIpc) is 2.81. The lowest BCUT2D eigenvalue weighted by molar-refractivity contribution is -0.310. The van der Waals surface area contributed by atoms with E-state index < -0.39 is 18.5 Å². The Hall–Kier alpha value is -2.06. The van der Waals surface area contributed by atoms with E-state index in [-0.39, 0.29) is 23.4 Å². The molecule has 2 aromatic rings. The highest BCUT2D eigenvalue weighted by molar-refractivity contribution is 7.99. The first-order valence-corrected chi connectivity index (χ1v) is 11.2. The fraction of sp³-hybridized carbons (Fsp3) is 0.435. The second-order valence-corrected chi connectivity index (χ2v) is 8.35. The van der Waals surface area contributed by atoms with Crippen LogP contribution in [-0.4, -0.2) is 49.7 Å². The van der Waals surface area contributed by atoms with Gasteiger partial charge in [-0.2, -0.15) is 0 Å². The van der Waals surface area contributed by atoms with Gasteiger partial charge in [-0.05, 0) is 30.5 Å². The summed E-state index contributed by atoms with van der Waals surface area (Å²) in [7, 11) is 1.63. The Bertz CT molecular complexity index is 843. The van der Waals surface area contributed by atoms with Crippen LogP contribution < -0.4 is 4.74 Å². The lowest BCUT2D eigenvalue weighted by Gasteiger charge is -2.48. The molecular weight excluding hydrogens is 404 g/mol. The third kappa shape index (κ3) is 4.34. The van der Waals surface area contributed by atoms with Crippen molar-refractivity contribution in [1.82, 2.24) is 0 Å². The molecule has 2 aromatic carbocycles. The van der Waals surface area contributed by atoms with Crippen molar-refractivity contribution < 1.29 is 28.5 Å². The molecule has 0 amide bonds. The van der Waals surface area contributed by atoms with Gasteiger partial charge in [-0.1, -0.05) is 37.3 Å². The zero-order chi connectivity index (χ0) is 21.1. The summed E-state index contributed by atoms with van der Waals surface area (Å²) in [5.74, 6) is 0.368. The highest BCUT2D eigenvalue weighted by Gasteiger charge is 2.50. The van der Waals surface area contributed by atoms with Crippen molar-refractivity contribution in [2.75, 3.05) is 20.0 Å². The average molecular weight is 431 g/mol. The standard InChI is InChI=1S/C23H26O6S/c1-14-19(28-21(24)15-7-5-4-6-8-15)20-18(27-23(14)30-3)13-26-22(29-20)16-9-11-17(25-2)12-10-16/h4-12,14,18-20,22-23H,13H2,1-3H3/t14?,18?,19-,20+,22?,23-/m0/s1. The molecular formula is C23H26O6S. The Morgan fingerprint density at radius 1 is 1.07 bits per heavy atom. The van der Waals surface area contributed by atoms with Crippen LogP contribution in [0.5, 0.6) is 5.75 Å². The fourth-order valence-electron chi connectivity index (χ4n) is 3.85. The van der Waals surface area contributed by atoms with Gasteiger partial charge in [-0.3, -0.25) is 0 Å². The molecule has 6 nitrogen and oxygen atoms in total. The molecule has 2 saturated heterocycles. The van der Waals surface area contributed by atoms with Crippen molar-refractivity contribution in [3.63, 3.8) is 0 Å². The van der Waals surface area contributed by atoms with Crippen molar-refractivity contribution in [2.45, 2.75) is 37.0 Å². The molecule has 160 valence electrons. The zero-order valence-electron chi connectivity index (χ0n) is 17.2. The first-order valence-electron chi connectivity index (χ1n) is 9.96. The van der Waals surface area contributed by atoms with Crippen LogP contribution >= 0.6 is 11.8 Å². The van der Waals surface area contributed by atoms with Crippen LogP contribution in [0.2, 0.25) is 0 Å². The van der Waals surface area contributed by atoms with Gasteiger partial charge in [-0.15, -0.1) is 11.8 Å². The van der Waals surface area contributed by atoms with Gasteiger partial charge in [0, 0.05) is 11.5 Å². The van der Waals surface area contributed by atoms with E-state index in [0.717, 1.165) is 11.3 Å². The lowest BCUT2D eigenvalue weighted by Crippen LogP contribution is -2.59. The van der Waals surface area contributed by atoms with E-state index in [4.69, 9.17) is 23.7 Å². The molecule has 0 saturated carbocycles.